The number of hydrogen-bond acceptors (Lipinski definition) is 3. The van der Waals surface area contributed by atoms with Gasteiger partial charge < -0.3 is 15.2 Å². The van der Waals surface area contributed by atoms with Crippen LogP contribution in [-0.4, -0.2) is 20.4 Å². The smallest absolute Gasteiger partial charge is 0.389 e. The van der Waals surface area contributed by atoms with Crippen LogP contribution in [0.4, 0.5) is 13.2 Å². The molecule has 0 bridgehead atoms. The Kier molecular flexibility index (Phi) is 5.31. The summed E-state index contributed by atoms with van der Waals surface area (Å²) in [7, 11) is 2.84. The van der Waals surface area contributed by atoms with Gasteiger partial charge in [0.2, 0.25) is 0 Å². The summed E-state index contributed by atoms with van der Waals surface area (Å²) in [6, 6.07) is 2.26. The van der Waals surface area contributed by atoms with Crippen LogP contribution >= 0.6 is 11.6 Å². The van der Waals surface area contributed by atoms with Crippen molar-refractivity contribution in [3.63, 3.8) is 0 Å². The maximum atomic E-state index is 12.1. The molecule has 1 atom stereocenters. The minimum atomic E-state index is -4.22. The molecule has 3 nitrogen and oxygen atoms in total. The van der Waals surface area contributed by atoms with E-state index in [4.69, 9.17) is 26.8 Å². The van der Waals surface area contributed by atoms with E-state index in [0.717, 1.165) is 0 Å². The second-order valence-corrected chi connectivity index (χ2v) is 4.41. The van der Waals surface area contributed by atoms with Crippen LogP contribution in [0.15, 0.2) is 12.1 Å². The molecule has 0 aliphatic rings. The summed E-state index contributed by atoms with van der Waals surface area (Å²) in [5, 5.41) is 0.249. The second kappa shape index (κ2) is 6.34. The van der Waals surface area contributed by atoms with Gasteiger partial charge in [0, 0.05) is 12.5 Å². The summed E-state index contributed by atoms with van der Waals surface area (Å²) in [6.07, 6.45) is -5.38. The van der Waals surface area contributed by atoms with Crippen LogP contribution in [0.2, 0.25) is 5.02 Å². The molecule has 0 aliphatic carbocycles. The lowest BCUT2D eigenvalue weighted by molar-refractivity contribution is -0.136. The van der Waals surface area contributed by atoms with Gasteiger partial charge in [0.15, 0.2) is 11.5 Å². The standard InChI is InChI=1S/C12H15ClF3NO2/c1-18-10-6-7(5-8(13)11(10)19-2)9(17)3-4-12(14,15)16/h5-6,9H,3-4,17H2,1-2H3. The van der Waals surface area contributed by atoms with Crippen molar-refractivity contribution >= 4 is 11.6 Å². The Labute approximate surface area is 114 Å². The van der Waals surface area contributed by atoms with Gasteiger partial charge in [0.25, 0.3) is 0 Å². The molecule has 1 aromatic rings. The van der Waals surface area contributed by atoms with Crippen LogP contribution in [0.1, 0.15) is 24.4 Å². The summed E-state index contributed by atoms with van der Waals surface area (Å²) in [5.41, 5.74) is 6.21. The SMILES string of the molecule is COc1cc(C(N)CCC(F)(F)F)cc(Cl)c1OC. The molecular formula is C12H15ClF3NO2. The Morgan fingerprint density at radius 1 is 1.26 bits per heavy atom. The van der Waals surface area contributed by atoms with Crippen LogP contribution in [0, 0.1) is 0 Å². The Morgan fingerprint density at radius 2 is 1.89 bits per heavy atom. The van der Waals surface area contributed by atoms with Gasteiger partial charge >= 0.3 is 6.18 Å². The molecule has 1 unspecified atom stereocenters. The monoisotopic (exact) mass is 297 g/mol. The lowest BCUT2D eigenvalue weighted by Crippen LogP contribution is -2.16. The molecule has 1 rings (SSSR count). The fourth-order valence-corrected chi connectivity index (χ4v) is 1.93. The molecule has 19 heavy (non-hydrogen) atoms. The van der Waals surface area contributed by atoms with E-state index in [0.29, 0.717) is 17.1 Å². The normalized spacial score (nSPS) is 13.2. The van der Waals surface area contributed by atoms with E-state index in [2.05, 4.69) is 0 Å². The number of alkyl halides is 3. The minimum Gasteiger partial charge on any atom is -0.493 e. The largest absolute Gasteiger partial charge is 0.493 e. The van der Waals surface area contributed by atoms with Crippen molar-refractivity contribution in [2.24, 2.45) is 5.73 Å². The van der Waals surface area contributed by atoms with Gasteiger partial charge in [-0.3, -0.25) is 0 Å². The van der Waals surface area contributed by atoms with Gasteiger partial charge in [-0.05, 0) is 24.1 Å². The fourth-order valence-electron chi connectivity index (χ4n) is 1.64. The fraction of sp³-hybridized carbons (Fsp3) is 0.500. The van der Waals surface area contributed by atoms with Crippen LogP contribution in [-0.2, 0) is 0 Å². The van der Waals surface area contributed by atoms with E-state index in [1.807, 2.05) is 0 Å². The Morgan fingerprint density at radius 3 is 2.37 bits per heavy atom. The number of methoxy groups -OCH3 is 2. The van der Waals surface area contributed by atoms with E-state index in [9.17, 15) is 13.2 Å². The predicted molar refractivity (Wildman–Crippen MR) is 66.8 cm³/mol. The van der Waals surface area contributed by atoms with Crippen molar-refractivity contribution in [1.82, 2.24) is 0 Å². The topological polar surface area (TPSA) is 44.5 Å². The van der Waals surface area contributed by atoms with E-state index < -0.39 is 18.6 Å². The van der Waals surface area contributed by atoms with E-state index >= 15 is 0 Å². The van der Waals surface area contributed by atoms with Gasteiger partial charge in [0.1, 0.15) is 0 Å². The van der Waals surface area contributed by atoms with Gasteiger partial charge in [-0.1, -0.05) is 11.6 Å². The molecule has 7 heteroatoms. The molecule has 2 N–H and O–H groups in total. The third kappa shape index (κ3) is 4.47. The molecule has 0 heterocycles. The first-order valence-corrected chi connectivity index (χ1v) is 5.90. The summed E-state index contributed by atoms with van der Waals surface area (Å²) in [4.78, 5) is 0. The molecule has 0 amide bonds. The van der Waals surface area contributed by atoms with Crippen molar-refractivity contribution in [2.45, 2.75) is 25.1 Å². The van der Waals surface area contributed by atoms with E-state index in [-0.39, 0.29) is 11.4 Å². The Bertz CT molecular complexity index is 438. The molecule has 1 aromatic carbocycles. The highest BCUT2D eigenvalue weighted by atomic mass is 35.5. The van der Waals surface area contributed by atoms with Crippen molar-refractivity contribution in [3.8, 4) is 11.5 Å². The van der Waals surface area contributed by atoms with Gasteiger partial charge in [0.05, 0.1) is 19.2 Å². The first-order valence-electron chi connectivity index (χ1n) is 5.52. The highest BCUT2D eigenvalue weighted by Gasteiger charge is 2.28. The zero-order chi connectivity index (χ0) is 14.6. The highest BCUT2D eigenvalue weighted by molar-refractivity contribution is 6.32. The third-order valence-corrected chi connectivity index (χ3v) is 2.90. The summed E-state index contributed by atoms with van der Waals surface area (Å²) >= 11 is 5.96. The number of ether oxygens (including phenoxy) is 2. The summed E-state index contributed by atoms with van der Waals surface area (Å²) < 4.78 is 46.6. The van der Waals surface area contributed by atoms with Gasteiger partial charge in [-0.2, -0.15) is 13.2 Å². The third-order valence-electron chi connectivity index (χ3n) is 2.62. The highest BCUT2D eigenvalue weighted by Crippen LogP contribution is 2.38. The first kappa shape index (κ1) is 15.9. The molecule has 0 aliphatic heterocycles. The number of halogens is 4. The van der Waals surface area contributed by atoms with Gasteiger partial charge in [-0.25, -0.2) is 0 Å². The minimum absolute atomic E-state index is 0.213. The molecule has 0 aromatic heterocycles. The zero-order valence-electron chi connectivity index (χ0n) is 10.6. The quantitative estimate of drug-likeness (QED) is 0.901. The molecule has 0 saturated heterocycles. The summed E-state index contributed by atoms with van der Waals surface area (Å²) in [5.74, 6) is 0.670. The zero-order valence-corrected chi connectivity index (χ0v) is 11.3. The predicted octanol–water partition coefficient (Wildman–Crippen LogP) is 3.70. The van der Waals surface area contributed by atoms with Crippen molar-refractivity contribution in [2.75, 3.05) is 14.2 Å². The van der Waals surface area contributed by atoms with Gasteiger partial charge in [-0.15, -0.1) is 0 Å². The Balaban J connectivity index is 2.92. The molecule has 0 saturated carbocycles. The van der Waals surface area contributed by atoms with Crippen LogP contribution in [0.5, 0.6) is 11.5 Å². The lowest BCUT2D eigenvalue weighted by Gasteiger charge is -2.17. The lowest BCUT2D eigenvalue weighted by atomic mass is 10.0. The molecular weight excluding hydrogens is 283 g/mol. The number of hydrogen-bond donors (Lipinski definition) is 1. The van der Waals surface area contributed by atoms with Crippen LogP contribution in [0.3, 0.4) is 0 Å². The maximum absolute atomic E-state index is 12.1. The average Bonchev–Trinajstić information content (AvgIpc) is 2.33. The van der Waals surface area contributed by atoms with E-state index in [1.54, 1.807) is 0 Å². The molecule has 0 spiro atoms. The van der Waals surface area contributed by atoms with Crippen molar-refractivity contribution in [1.29, 1.82) is 0 Å². The number of benzene rings is 1. The summed E-state index contributed by atoms with van der Waals surface area (Å²) in [6.45, 7) is 0. The van der Waals surface area contributed by atoms with Crippen molar-refractivity contribution < 1.29 is 22.6 Å². The number of rotatable bonds is 5. The second-order valence-electron chi connectivity index (χ2n) is 4.00. The molecule has 0 fully saturated rings. The first-order chi connectivity index (χ1) is 8.78. The van der Waals surface area contributed by atoms with Crippen LogP contribution < -0.4 is 15.2 Å². The maximum Gasteiger partial charge on any atom is 0.389 e. The molecule has 108 valence electrons. The molecule has 0 radical (unpaired) electrons. The van der Waals surface area contributed by atoms with E-state index in [1.165, 1.54) is 26.4 Å². The Hall–Kier alpha value is -1.14. The number of nitrogens with two attached hydrogens (primary N) is 1. The van der Waals surface area contributed by atoms with Crippen LogP contribution in [0.25, 0.3) is 0 Å². The average molecular weight is 298 g/mol. The van der Waals surface area contributed by atoms with Crippen molar-refractivity contribution in [3.05, 3.63) is 22.7 Å².